The Labute approximate surface area is 651 Å². The smallest absolute Gasteiger partial charge is 0.463 e. The summed E-state index contributed by atoms with van der Waals surface area (Å²) in [6, 6.07) is 0. The Morgan fingerprint density at radius 3 is 0.804 bits per heavy atom. The Morgan fingerprint density at radius 1 is 0.271 bits per heavy atom. The number of rotatable bonds is 79. The van der Waals surface area contributed by atoms with Crippen LogP contribution in [0.5, 0.6) is 0 Å². The molecule has 0 bridgehead atoms. The molecule has 0 rings (SSSR count). The normalized spacial score (nSPS) is 14.6. The van der Waals surface area contributed by atoms with Crippen LogP contribution in [0.3, 0.4) is 0 Å². The van der Waals surface area contributed by atoms with E-state index in [0.717, 1.165) is 135 Å². The molecule has 0 aromatic rings. The third kappa shape index (κ3) is 82.2. The first-order chi connectivity index (χ1) is 52.2. The van der Waals surface area contributed by atoms with E-state index in [1.165, 1.54) is 148 Å². The molecule has 5 unspecified atom stereocenters. The fourth-order valence-corrected chi connectivity index (χ4v) is 12.7. The highest BCUT2D eigenvalue weighted by molar-refractivity contribution is 7.47. The molecule has 614 valence electrons. The maximum absolute atomic E-state index is 13.0. The number of carbonyl (C=O) groups excluding carboxylic acids is 3. The zero-order valence-corrected chi connectivity index (χ0v) is 69.1. The van der Waals surface area contributed by atoms with Gasteiger partial charge in [0.05, 0.1) is 26.4 Å². The molecule has 0 heterocycles. The first kappa shape index (κ1) is 102. The van der Waals surface area contributed by atoms with Gasteiger partial charge in [0.25, 0.3) is 0 Å². The SMILES string of the molecule is CC/C=C\C/C=C\C/C=C\C/C=C\C/C=C\C/C=C\CCCCC(=O)OCC(COP(=O)(O)OCC(O)COP(=O)(O)OCC(O)COC(=O)CCCCCCCCCCCCCCCCCCCCC/C=C\C/C=C\C/C=C\C/C=C\CCCCC)OC(=O)CCCCCCC/C=C\C/C=C\CCCCC. The van der Waals surface area contributed by atoms with Crippen LogP contribution in [0.25, 0.3) is 0 Å². The van der Waals surface area contributed by atoms with Gasteiger partial charge in [-0.15, -0.1) is 0 Å². The van der Waals surface area contributed by atoms with E-state index in [0.29, 0.717) is 19.3 Å². The summed E-state index contributed by atoms with van der Waals surface area (Å²) >= 11 is 0. The molecular weight excluding hydrogens is 1390 g/mol. The van der Waals surface area contributed by atoms with Crippen LogP contribution in [-0.2, 0) is 55.8 Å². The zero-order valence-electron chi connectivity index (χ0n) is 67.3. The number of phosphoric ester groups is 2. The second-order valence-electron chi connectivity index (χ2n) is 27.9. The lowest BCUT2D eigenvalue weighted by atomic mass is 10.0. The minimum atomic E-state index is -4.95. The van der Waals surface area contributed by atoms with Crippen molar-refractivity contribution in [1.82, 2.24) is 0 Å². The van der Waals surface area contributed by atoms with Crippen LogP contribution in [0.4, 0.5) is 0 Å². The van der Waals surface area contributed by atoms with E-state index >= 15 is 0 Å². The molecule has 0 aromatic heterocycles. The van der Waals surface area contributed by atoms with E-state index in [1.54, 1.807) is 0 Å². The molecule has 0 saturated carbocycles. The monoisotopic (exact) mass is 1540 g/mol. The van der Waals surface area contributed by atoms with Gasteiger partial charge in [-0.25, -0.2) is 9.13 Å². The molecule has 0 saturated heterocycles. The second-order valence-corrected chi connectivity index (χ2v) is 30.8. The number of esters is 3. The third-order valence-corrected chi connectivity index (χ3v) is 19.4. The molecule has 107 heavy (non-hydrogen) atoms. The molecule has 16 nitrogen and oxygen atoms in total. The van der Waals surface area contributed by atoms with Crippen LogP contribution >= 0.6 is 15.6 Å². The van der Waals surface area contributed by atoms with E-state index in [-0.39, 0.29) is 19.3 Å². The van der Waals surface area contributed by atoms with Crippen molar-refractivity contribution >= 4 is 33.6 Å². The van der Waals surface area contributed by atoms with Gasteiger partial charge in [-0.1, -0.05) is 321 Å². The Morgan fingerprint density at radius 2 is 0.495 bits per heavy atom. The molecule has 0 aliphatic carbocycles. The quantitative estimate of drug-likeness (QED) is 0.0146. The first-order valence-electron chi connectivity index (χ1n) is 42.1. The number of allylic oxidation sites excluding steroid dienone is 24. The topological polar surface area (TPSA) is 231 Å². The largest absolute Gasteiger partial charge is 0.472 e. The molecule has 0 aliphatic heterocycles. The summed E-state index contributed by atoms with van der Waals surface area (Å²) in [5, 5.41) is 20.7. The van der Waals surface area contributed by atoms with Crippen molar-refractivity contribution in [2.24, 2.45) is 0 Å². The minimum Gasteiger partial charge on any atom is -0.463 e. The van der Waals surface area contributed by atoms with Crippen LogP contribution in [0.1, 0.15) is 342 Å². The number of hydrogen-bond donors (Lipinski definition) is 4. The summed E-state index contributed by atoms with van der Waals surface area (Å²) < 4.78 is 61.1. The fourth-order valence-electron chi connectivity index (χ4n) is 11.1. The minimum absolute atomic E-state index is 0.0752. The number of aliphatic hydroxyl groups excluding tert-OH is 2. The second kappa shape index (κ2) is 80.9. The van der Waals surface area contributed by atoms with E-state index in [2.05, 4.69) is 167 Å². The summed E-state index contributed by atoms with van der Waals surface area (Å²) in [5.74, 6) is -1.64. The molecule has 4 N–H and O–H groups in total. The number of aliphatic hydroxyl groups is 2. The van der Waals surface area contributed by atoms with Gasteiger partial charge < -0.3 is 34.2 Å². The maximum atomic E-state index is 13.0. The van der Waals surface area contributed by atoms with Gasteiger partial charge in [0.1, 0.15) is 25.4 Å². The van der Waals surface area contributed by atoms with Crippen molar-refractivity contribution in [2.75, 3.05) is 39.6 Å². The van der Waals surface area contributed by atoms with Crippen molar-refractivity contribution < 1.29 is 75.8 Å². The summed E-state index contributed by atoms with van der Waals surface area (Å²) in [4.78, 5) is 58.7. The lowest BCUT2D eigenvalue weighted by Gasteiger charge is -2.21. The van der Waals surface area contributed by atoms with E-state index in [1.807, 2.05) is 0 Å². The molecule has 18 heteroatoms. The number of hydrogen-bond acceptors (Lipinski definition) is 14. The van der Waals surface area contributed by atoms with Gasteiger partial charge in [-0.05, 0) is 148 Å². The van der Waals surface area contributed by atoms with Crippen molar-refractivity contribution in [1.29, 1.82) is 0 Å². The summed E-state index contributed by atoms with van der Waals surface area (Å²) in [6.07, 6.45) is 101. The van der Waals surface area contributed by atoms with E-state index in [9.17, 15) is 43.5 Å². The van der Waals surface area contributed by atoms with Gasteiger partial charge in [0.15, 0.2) is 6.10 Å². The molecule has 0 aliphatic rings. The van der Waals surface area contributed by atoms with Gasteiger partial charge in [0.2, 0.25) is 0 Å². The summed E-state index contributed by atoms with van der Waals surface area (Å²) in [6.45, 7) is 2.46. The zero-order chi connectivity index (χ0) is 78.0. The Balaban J connectivity index is 4.45. The van der Waals surface area contributed by atoms with E-state index in [4.69, 9.17) is 32.3 Å². The number of ether oxygens (including phenoxy) is 3. The van der Waals surface area contributed by atoms with Gasteiger partial charge in [0, 0.05) is 19.3 Å². The van der Waals surface area contributed by atoms with Crippen LogP contribution in [0, 0.1) is 0 Å². The maximum Gasteiger partial charge on any atom is 0.472 e. The predicted octanol–water partition coefficient (Wildman–Crippen LogP) is 25.2. The average Bonchev–Trinajstić information content (AvgIpc) is 1.01. The van der Waals surface area contributed by atoms with Crippen molar-refractivity contribution in [2.45, 2.75) is 360 Å². The fraction of sp³-hybridized carbons (Fsp3) is 0.697. The lowest BCUT2D eigenvalue weighted by molar-refractivity contribution is -0.161. The predicted molar refractivity (Wildman–Crippen MR) is 445 cm³/mol. The Hall–Kier alpha value is -4.57. The number of unbranched alkanes of at least 4 members (excludes halogenated alkanes) is 32. The lowest BCUT2D eigenvalue weighted by Crippen LogP contribution is -2.30. The third-order valence-electron chi connectivity index (χ3n) is 17.5. The average molecular weight is 1540 g/mol. The van der Waals surface area contributed by atoms with Gasteiger partial charge >= 0.3 is 33.6 Å². The Bertz CT molecular complexity index is 2530. The number of carbonyl (C=O) groups is 3. The van der Waals surface area contributed by atoms with Gasteiger partial charge in [-0.2, -0.15) is 0 Å². The Kier molecular flexibility index (Phi) is 77.5. The highest BCUT2D eigenvalue weighted by Crippen LogP contribution is 2.45. The molecule has 0 spiro atoms. The number of phosphoric acid groups is 2. The van der Waals surface area contributed by atoms with Crippen molar-refractivity contribution in [3.63, 3.8) is 0 Å². The van der Waals surface area contributed by atoms with Crippen LogP contribution in [0.15, 0.2) is 146 Å². The summed E-state index contributed by atoms with van der Waals surface area (Å²) in [7, 11) is -9.81. The van der Waals surface area contributed by atoms with Crippen LogP contribution in [-0.4, -0.2) is 95.9 Å². The van der Waals surface area contributed by atoms with Crippen LogP contribution in [0.2, 0.25) is 0 Å². The standard InChI is InChI=1S/C89H152O16P2/c1-4-7-10-13-16-19-22-25-28-30-32-34-35-36-37-38-39-40-41-42-43-44-45-46-47-49-51-52-55-57-60-63-66-69-72-75-87(92)99-78-84(90)79-101-106(95,96)102-80-85(91)81-103-107(97,98)104-83-86(105-89(94)77-74-71-68-65-62-59-54-27-24-21-18-15-12-9-6-3)82-100-88(93)76-73-70-67-64-61-58-56-53-50-48-33-31-29-26-23-20-17-14-11-8-5-2/h8,11,16-21,25-29,32-34,36-37,48,53-54,56,61,64,84-86,90-91H,4-7,9-10,12-15,22-24,30-31,35,38-47,49-52,55,57-60,62-63,65-83H2,1-3H3,(H,95,96)(H,97,98)/b11-8-,19-16-,20-17-,21-18-,28-25-,29-26-,34-32-,37-36-,48-33-,54-27-,56-53-,64-61-. The molecule has 0 amide bonds. The molecule has 0 fully saturated rings. The highest BCUT2D eigenvalue weighted by atomic mass is 31.2. The molecular formula is C89H152O16P2. The van der Waals surface area contributed by atoms with E-state index < -0.39 is 91.5 Å². The van der Waals surface area contributed by atoms with Crippen molar-refractivity contribution in [3.05, 3.63) is 146 Å². The van der Waals surface area contributed by atoms with Crippen LogP contribution < -0.4 is 0 Å². The molecule has 0 radical (unpaired) electrons. The van der Waals surface area contributed by atoms with Gasteiger partial charge in [-0.3, -0.25) is 32.5 Å². The summed E-state index contributed by atoms with van der Waals surface area (Å²) in [5.41, 5.74) is 0. The molecule has 5 atom stereocenters. The van der Waals surface area contributed by atoms with Crippen molar-refractivity contribution in [3.8, 4) is 0 Å². The first-order valence-corrected chi connectivity index (χ1v) is 45.1. The highest BCUT2D eigenvalue weighted by Gasteiger charge is 2.29. The molecule has 0 aromatic carbocycles.